The molecule has 4 rings (SSSR count). The van der Waals surface area contributed by atoms with Crippen LogP contribution in [-0.2, 0) is 11.8 Å². The summed E-state index contributed by atoms with van der Waals surface area (Å²) in [6, 6.07) is 14.1. The predicted octanol–water partition coefficient (Wildman–Crippen LogP) is 4.12. The number of furan rings is 1. The summed E-state index contributed by atoms with van der Waals surface area (Å²) in [6.45, 7) is 0. The summed E-state index contributed by atoms with van der Waals surface area (Å²) >= 11 is 2.66. The summed E-state index contributed by atoms with van der Waals surface area (Å²) in [5, 5.41) is 16.3. The Morgan fingerprint density at radius 2 is 1.83 bits per heavy atom. The number of hydrogen-bond acceptors (Lipinski definition) is 7. The number of amides is 2. The number of anilines is 2. The maximum atomic E-state index is 12.3. The Bertz CT molecular complexity index is 1140. The lowest BCUT2D eigenvalue weighted by Gasteiger charge is -2.07. The zero-order valence-corrected chi connectivity index (χ0v) is 17.5. The maximum Gasteiger partial charge on any atom is 0.265 e. The van der Waals surface area contributed by atoms with Gasteiger partial charge in [0.15, 0.2) is 16.7 Å². The lowest BCUT2D eigenvalue weighted by molar-refractivity contribution is -0.113. The van der Waals surface area contributed by atoms with Gasteiger partial charge in [-0.05, 0) is 47.8 Å². The molecule has 4 aromatic rings. The largest absolute Gasteiger partial charge is 0.461 e. The third kappa shape index (κ3) is 4.61. The highest BCUT2D eigenvalue weighted by atomic mass is 32.2. The van der Waals surface area contributed by atoms with Crippen LogP contribution in [0.25, 0.3) is 11.6 Å². The van der Waals surface area contributed by atoms with E-state index >= 15 is 0 Å². The number of carbonyl (C=O) groups excluding carboxylic acids is 2. The molecule has 1 aromatic carbocycles. The summed E-state index contributed by atoms with van der Waals surface area (Å²) in [5.41, 5.74) is 1.30. The summed E-state index contributed by atoms with van der Waals surface area (Å²) in [4.78, 5) is 25.0. The fraction of sp³-hybridized carbons (Fsp3) is 0.100. The van der Waals surface area contributed by atoms with Gasteiger partial charge in [-0.25, -0.2) is 0 Å². The number of nitrogens with zero attached hydrogens (tertiary/aromatic N) is 3. The summed E-state index contributed by atoms with van der Waals surface area (Å²) < 4.78 is 7.11. The first-order chi connectivity index (χ1) is 14.6. The Morgan fingerprint density at radius 3 is 2.50 bits per heavy atom. The molecule has 0 aliphatic carbocycles. The average Bonchev–Trinajstić information content (AvgIpc) is 3.50. The first-order valence-electron chi connectivity index (χ1n) is 8.91. The number of hydrogen-bond donors (Lipinski definition) is 2. The third-order valence-electron chi connectivity index (χ3n) is 4.08. The Hall–Kier alpha value is -3.37. The highest BCUT2D eigenvalue weighted by Gasteiger charge is 2.14. The van der Waals surface area contributed by atoms with Gasteiger partial charge in [0.25, 0.3) is 5.91 Å². The molecule has 0 saturated carbocycles. The Balaban J connectivity index is 1.30. The normalized spacial score (nSPS) is 10.7. The third-order valence-corrected chi connectivity index (χ3v) is 5.97. The van der Waals surface area contributed by atoms with E-state index < -0.39 is 0 Å². The molecule has 0 spiro atoms. The van der Waals surface area contributed by atoms with E-state index in [-0.39, 0.29) is 17.6 Å². The highest BCUT2D eigenvalue weighted by molar-refractivity contribution is 7.99. The second-order valence-corrected chi connectivity index (χ2v) is 8.08. The van der Waals surface area contributed by atoms with Gasteiger partial charge in [0.2, 0.25) is 5.91 Å². The van der Waals surface area contributed by atoms with Crippen LogP contribution in [0.3, 0.4) is 0 Å². The Labute approximate surface area is 180 Å². The van der Waals surface area contributed by atoms with E-state index in [1.165, 1.54) is 23.1 Å². The number of carbonyl (C=O) groups is 2. The lowest BCUT2D eigenvalue weighted by atomic mass is 10.2. The molecule has 0 fully saturated rings. The van der Waals surface area contributed by atoms with E-state index in [0.29, 0.717) is 33.0 Å². The van der Waals surface area contributed by atoms with Crippen molar-refractivity contribution in [2.75, 3.05) is 16.4 Å². The molecule has 0 radical (unpaired) electrons. The number of thiophene rings is 1. The van der Waals surface area contributed by atoms with Crippen LogP contribution in [-0.4, -0.2) is 32.3 Å². The van der Waals surface area contributed by atoms with Crippen molar-refractivity contribution in [2.24, 2.45) is 7.05 Å². The van der Waals surface area contributed by atoms with Crippen molar-refractivity contribution < 1.29 is 14.0 Å². The van der Waals surface area contributed by atoms with Gasteiger partial charge < -0.3 is 19.6 Å². The molecule has 0 unspecified atom stereocenters. The minimum absolute atomic E-state index is 0.157. The molecular formula is C20H17N5O3S2. The molecule has 10 heteroatoms. The second-order valence-electron chi connectivity index (χ2n) is 6.19. The number of aromatic nitrogens is 3. The molecule has 0 bridgehead atoms. The van der Waals surface area contributed by atoms with Crippen LogP contribution in [0, 0.1) is 0 Å². The molecule has 8 nitrogen and oxygen atoms in total. The maximum absolute atomic E-state index is 12.3. The first-order valence-corrected chi connectivity index (χ1v) is 10.8. The minimum Gasteiger partial charge on any atom is -0.461 e. The zero-order chi connectivity index (χ0) is 20.9. The first kappa shape index (κ1) is 19.9. The monoisotopic (exact) mass is 439 g/mol. The number of thioether (sulfide) groups is 1. The van der Waals surface area contributed by atoms with Crippen LogP contribution in [0.2, 0.25) is 0 Å². The van der Waals surface area contributed by atoms with Crippen molar-refractivity contribution in [2.45, 2.75) is 5.16 Å². The van der Waals surface area contributed by atoms with Gasteiger partial charge in [-0.15, -0.1) is 21.5 Å². The summed E-state index contributed by atoms with van der Waals surface area (Å²) in [5.74, 6) is 1.07. The van der Waals surface area contributed by atoms with Crippen molar-refractivity contribution in [1.29, 1.82) is 0 Å². The summed E-state index contributed by atoms with van der Waals surface area (Å²) in [7, 11) is 1.82. The Kier molecular flexibility index (Phi) is 5.96. The van der Waals surface area contributed by atoms with Gasteiger partial charge in [0.05, 0.1) is 16.9 Å². The van der Waals surface area contributed by atoms with Gasteiger partial charge in [-0.1, -0.05) is 17.8 Å². The number of benzene rings is 1. The van der Waals surface area contributed by atoms with Crippen molar-refractivity contribution in [1.82, 2.24) is 14.8 Å². The molecule has 152 valence electrons. The molecule has 0 atom stereocenters. The number of rotatable bonds is 7. The van der Waals surface area contributed by atoms with Gasteiger partial charge in [0, 0.05) is 18.4 Å². The quantitative estimate of drug-likeness (QED) is 0.420. The van der Waals surface area contributed by atoms with Crippen molar-refractivity contribution in [3.05, 3.63) is 65.1 Å². The van der Waals surface area contributed by atoms with E-state index in [1.807, 2.05) is 18.5 Å². The van der Waals surface area contributed by atoms with Crippen molar-refractivity contribution in [3.63, 3.8) is 0 Å². The highest BCUT2D eigenvalue weighted by Crippen LogP contribution is 2.23. The average molecular weight is 440 g/mol. The van der Waals surface area contributed by atoms with Crippen LogP contribution >= 0.6 is 23.1 Å². The number of nitrogens with one attached hydrogen (secondary N) is 2. The fourth-order valence-corrected chi connectivity index (χ4v) is 3.96. The standard InChI is InChI=1S/C20H17N5O3S2/c1-25-18(15-4-2-10-28-15)23-24-20(25)30-12-17(26)21-13-6-8-14(9-7-13)22-19(27)16-5-3-11-29-16/h2-11H,12H2,1H3,(H,21,26)(H,22,27). The predicted molar refractivity (Wildman–Crippen MR) is 117 cm³/mol. The van der Waals surface area contributed by atoms with E-state index in [2.05, 4.69) is 20.8 Å². The van der Waals surface area contributed by atoms with Crippen LogP contribution in [0.15, 0.2) is 69.7 Å². The molecule has 3 heterocycles. The van der Waals surface area contributed by atoms with Gasteiger partial charge in [0.1, 0.15) is 0 Å². The Morgan fingerprint density at radius 1 is 1.07 bits per heavy atom. The van der Waals surface area contributed by atoms with E-state index in [0.717, 1.165) is 0 Å². The second kappa shape index (κ2) is 8.97. The molecular weight excluding hydrogens is 422 g/mol. The smallest absolute Gasteiger partial charge is 0.265 e. The fourth-order valence-electron chi connectivity index (χ4n) is 2.63. The van der Waals surface area contributed by atoms with Crippen molar-refractivity contribution in [3.8, 4) is 11.6 Å². The van der Waals surface area contributed by atoms with Gasteiger partial charge in [-0.3, -0.25) is 9.59 Å². The molecule has 30 heavy (non-hydrogen) atoms. The van der Waals surface area contributed by atoms with Crippen molar-refractivity contribution >= 4 is 46.3 Å². The molecule has 3 aromatic heterocycles. The van der Waals surface area contributed by atoms with Crippen LogP contribution in [0.4, 0.5) is 11.4 Å². The van der Waals surface area contributed by atoms with Gasteiger partial charge >= 0.3 is 0 Å². The molecule has 2 N–H and O–H groups in total. The molecule has 0 aliphatic rings. The van der Waals surface area contributed by atoms with Gasteiger partial charge in [-0.2, -0.15) is 0 Å². The van der Waals surface area contributed by atoms with Crippen LogP contribution < -0.4 is 10.6 Å². The van der Waals surface area contributed by atoms with E-state index in [4.69, 9.17) is 4.42 Å². The molecule has 0 aliphatic heterocycles. The van der Waals surface area contributed by atoms with Crippen LogP contribution in [0.1, 0.15) is 9.67 Å². The molecule has 0 saturated heterocycles. The lowest BCUT2D eigenvalue weighted by Crippen LogP contribution is -2.14. The minimum atomic E-state index is -0.169. The summed E-state index contributed by atoms with van der Waals surface area (Å²) in [6.07, 6.45) is 1.57. The molecule has 2 amide bonds. The topological polar surface area (TPSA) is 102 Å². The zero-order valence-electron chi connectivity index (χ0n) is 15.9. The van der Waals surface area contributed by atoms with Crippen LogP contribution in [0.5, 0.6) is 0 Å². The van der Waals surface area contributed by atoms with E-state index in [1.54, 1.807) is 53.3 Å². The SMILES string of the molecule is Cn1c(SCC(=O)Nc2ccc(NC(=O)c3cccs3)cc2)nnc1-c1ccco1. The van der Waals surface area contributed by atoms with E-state index in [9.17, 15) is 9.59 Å².